The summed E-state index contributed by atoms with van der Waals surface area (Å²) in [5, 5.41) is 5.21. The third kappa shape index (κ3) is 7.22. The number of aryl methyl sites for hydroxylation is 4. The Morgan fingerprint density at radius 1 is 0.380 bits per heavy atom. The van der Waals surface area contributed by atoms with Gasteiger partial charge in [-0.05, 0) is 83.3 Å². The summed E-state index contributed by atoms with van der Waals surface area (Å²) in [6.45, 7) is 4.54. The fourth-order valence-corrected chi connectivity index (χ4v) is 7.63. The van der Waals surface area contributed by atoms with Crippen molar-refractivity contribution >= 4 is 67.9 Å². The van der Waals surface area contributed by atoms with Crippen LogP contribution >= 0.6 is 0 Å². The van der Waals surface area contributed by atoms with Crippen LogP contribution in [-0.2, 0) is 26.9 Å². The predicted octanol–water partition coefficient (Wildman–Crippen LogP) is 13.6. The van der Waals surface area contributed by atoms with Crippen molar-refractivity contribution in [1.82, 2.24) is 9.13 Å². The minimum absolute atomic E-state index is 1.18. The highest BCUT2D eigenvalue weighted by molar-refractivity contribution is 6.18. The largest absolute Gasteiger partial charge is 0.344 e. The number of rotatable bonds is 14. The maximum absolute atomic E-state index is 2.39. The van der Waals surface area contributed by atoms with Crippen molar-refractivity contribution in [3.05, 3.63) is 130 Å². The monoisotopic (exact) mass is 656 g/mol. The number of unbranched alkanes of at least 4 members (excludes halogenated alkanes) is 6. The Hall–Kier alpha value is -4.82. The Morgan fingerprint density at radius 3 is 1.14 bits per heavy atom. The van der Waals surface area contributed by atoms with E-state index < -0.39 is 0 Å². The number of benzene rings is 5. The number of hydrogen-bond acceptors (Lipinski definition) is 0. The molecular weight excluding hydrogens is 605 g/mol. The summed E-state index contributed by atoms with van der Waals surface area (Å²) >= 11 is 0. The summed E-state index contributed by atoms with van der Waals surface area (Å²) in [7, 11) is 4.41. The number of hydrogen-bond donors (Lipinski definition) is 0. The first kappa shape index (κ1) is 33.7. The zero-order chi connectivity index (χ0) is 34.5. The highest BCUT2D eigenvalue weighted by Crippen LogP contribution is 2.37. The highest BCUT2D eigenvalue weighted by Gasteiger charge is 2.15. The van der Waals surface area contributed by atoms with E-state index in [1.807, 2.05) is 0 Å². The predicted molar refractivity (Wildman–Crippen MR) is 221 cm³/mol. The summed E-state index contributed by atoms with van der Waals surface area (Å²) in [4.78, 5) is 0. The van der Waals surface area contributed by atoms with Gasteiger partial charge in [0.25, 0.3) is 0 Å². The van der Waals surface area contributed by atoms with Gasteiger partial charge in [0.15, 0.2) is 0 Å². The highest BCUT2D eigenvalue weighted by atomic mass is 15.0. The quantitative estimate of drug-likeness (QED) is 0.0814. The minimum Gasteiger partial charge on any atom is -0.344 e. The van der Waals surface area contributed by atoms with Crippen molar-refractivity contribution in [1.29, 1.82) is 0 Å². The van der Waals surface area contributed by atoms with Gasteiger partial charge in [0, 0.05) is 57.7 Å². The summed E-state index contributed by atoms with van der Waals surface area (Å²) < 4.78 is 4.72. The first-order chi connectivity index (χ1) is 24.5. The Bertz CT molecular complexity index is 2120. The van der Waals surface area contributed by atoms with Crippen molar-refractivity contribution in [3.8, 4) is 0 Å². The van der Waals surface area contributed by atoms with E-state index in [1.54, 1.807) is 0 Å². The summed E-state index contributed by atoms with van der Waals surface area (Å²) in [5.74, 6) is 0. The van der Waals surface area contributed by atoms with E-state index in [0.717, 1.165) is 0 Å². The second-order valence-corrected chi connectivity index (χ2v) is 14.3. The molecule has 0 bridgehead atoms. The molecule has 0 aliphatic carbocycles. The fraction of sp³-hybridized carbons (Fsp3) is 0.292. The van der Waals surface area contributed by atoms with Crippen LogP contribution in [0.5, 0.6) is 0 Å². The van der Waals surface area contributed by atoms with E-state index in [-0.39, 0.29) is 0 Å². The van der Waals surface area contributed by atoms with E-state index in [4.69, 9.17) is 0 Å². The third-order valence-electron chi connectivity index (χ3n) is 10.7. The second kappa shape index (κ2) is 15.4. The molecular formula is C48H52N2. The van der Waals surface area contributed by atoms with Gasteiger partial charge in [-0.2, -0.15) is 0 Å². The molecule has 2 aromatic heterocycles. The van der Waals surface area contributed by atoms with Crippen molar-refractivity contribution < 1.29 is 0 Å². The van der Waals surface area contributed by atoms with Crippen LogP contribution in [0.15, 0.2) is 97.1 Å². The average molecular weight is 657 g/mol. The van der Waals surface area contributed by atoms with Crippen molar-refractivity contribution in [2.45, 2.75) is 78.1 Å². The number of nitrogens with zero attached hydrogens (tertiary/aromatic N) is 2. The topological polar surface area (TPSA) is 9.86 Å². The van der Waals surface area contributed by atoms with Crippen molar-refractivity contribution in [2.75, 3.05) is 0 Å². The van der Waals surface area contributed by atoms with Crippen LogP contribution in [0, 0.1) is 0 Å². The molecule has 0 saturated heterocycles. The van der Waals surface area contributed by atoms with Crippen LogP contribution in [0.4, 0.5) is 0 Å². The van der Waals surface area contributed by atoms with Gasteiger partial charge in [0.05, 0.1) is 0 Å². The van der Waals surface area contributed by atoms with Gasteiger partial charge >= 0.3 is 0 Å². The van der Waals surface area contributed by atoms with Crippen molar-refractivity contribution in [2.24, 2.45) is 14.1 Å². The van der Waals surface area contributed by atoms with Crippen LogP contribution in [0.3, 0.4) is 0 Å². The molecule has 0 N–H and O–H groups in total. The normalized spacial score (nSPS) is 12.2. The fourth-order valence-electron chi connectivity index (χ4n) is 7.63. The molecule has 2 heterocycles. The summed E-state index contributed by atoms with van der Waals surface area (Å²) in [6, 6.07) is 36.7. The number of aromatic nitrogens is 2. The molecule has 0 aliphatic rings. The lowest BCUT2D eigenvalue weighted by molar-refractivity contribution is 0.667. The van der Waals surface area contributed by atoms with Crippen LogP contribution in [0.1, 0.15) is 98.6 Å². The van der Waals surface area contributed by atoms with E-state index in [9.17, 15) is 0 Å². The maximum atomic E-state index is 2.39. The first-order valence-corrected chi connectivity index (χ1v) is 19.0. The van der Waals surface area contributed by atoms with Crippen molar-refractivity contribution in [3.63, 3.8) is 0 Å². The smallest absolute Gasteiger partial charge is 0.0496 e. The lowest BCUT2D eigenvalue weighted by Gasteiger charge is -2.02. The van der Waals surface area contributed by atoms with Crippen LogP contribution in [0.25, 0.3) is 67.9 Å². The first-order valence-electron chi connectivity index (χ1n) is 19.0. The molecule has 0 atom stereocenters. The van der Waals surface area contributed by atoms with E-state index in [2.05, 4.69) is 158 Å². The van der Waals surface area contributed by atoms with Crippen LogP contribution in [-0.4, -0.2) is 9.13 Å². The molecule has 0 unspecified atom stereocenters. The molecule has 254 valence electrons. The molecule has 50 heavy (non-hydrogen) atoms. The van der Waals surface area contributed by atoms with Gasteiger partial charge < -0.3 is 9.13 Å². The molecule has 2 heteroatoms. The lowest BCUT2D eigenvalue weighted by Crippen LogP contribution is -1.88. The Labute approximate surface area is 298 Å². The standard InChI is InChI=1S/C48H52N2/c1-5-7-9-11-13-35-15-19-37(20-16-35)23-25-39-27-29-41-43-33-48-44(34-47(43)49(3)45(41)31-39)42-30-28-40(32-46(42)50(48)4)26-24-38-21-17-36(18-22-38)14-12-10-8-6-2/h15-34H,5-14H2,1-4H3/b25-23+,26-24+. The summed E-state index contributed by atoms with van der Waals surface area (Å²) in [5.41, 5.74) is 12.9. The zero-order valence-corrected chi connectivity index (χ0v) is 30.5. The van der Waals surface area contributed by atoms with E-state index >= 15 is 0 Å². The molecule has 0 saturated carbocycles. The summed E-state index contributed by atoms with van der Waals surface area (Å²) in [6.07, 6.45) is 21.8. The molecule has 7 aromatic rings. The SMILES string of the molecule is CCCCCCc1ccc(/C=C/c2ccc3c4cc5c(cc4n(C)c3c2)c2ccc(/C=C/c3ccc(CCCCCC)cc3)cc2n5C)cc1. The molecule has 5 aromatic carbocycles. The maximum Gasteiger partial charge on any atom is 0.0496 e. The Morgan fingerprint density at radius 2 is 0.740 bits per heavy atom. The van der Waals surface area contributed by atoms with Gasteiger partial charge in [0.2, 0.25) is 0 Å². The molecule has 0 aliphatic heterocycles. The van der Waals surface area contributed by atoms with Gasteiger partial charge in [-0.1, -0.05) is 149 Å². The zero-order valence-electron chi connectivity index (χ0n) is 30.5. The lowest BCUT2D eigenvalue weighted by atomic mass is 10.0. The van der Waals surface area contributed by atoms with E-state index in [1.165, 1.54) is 141 Å². The molecule has 0 radical (unpaired) electrons. The molecule has 0 amide bonds. The second-order valence-electron chi connectivity index (χ2n) is 14.3. The molecule has 0 spiro atoms. The van der Waals surface area contributed by atoms with Crippen LogP contribution in [0.2, 0.25) is 0 Å². The average Bonchev–Trinajstić information content (AvgIpc) is 3.58. The minimum atomic E-state index is 1.18. The van der Waals surface area contributed by atoms with E-state index in [0.29, 0.717) is 0 Å². The van der Waals surface area contributed by atoms with Gasteiger partial charge in [0.1, 0.15) is 0 Å². The Kier molecular flexibility index (Phi) is 10.4. The molecule has 7 rings (SSSR count). The van der Waals surface area contributed by atoms with Gasteiger partial charge in [-0.15, -0.1) is 0 Å². The molecule has 2 nitrogen and oxygen atoms in total. The van der Waals surface area contributed by atoms with Crippen LogP contribution < -0.4 is 0 Å². The van der Waals surface area contributed by atoms with Gasteiger partial charge in [-0.25, -0.2) is 0 Å². The Balaban J connectivity index is 1.11. The third-order valence-corrected chi connectivity index (χ3v) is 10.7. The molecule has 0 fully saturated rings. The van der Waals surface area contributed by atoms with Gasteiger partial charge in [-0.3, -0.25) is 0 Å². The number of fused-ring (bicyclic) bond motifs is 6.